The highest BCUT2D eigenvalue weighted by Gasteiger charge is 2.24. The predicted molar refractivity (Wildman–Crippen MR) is 143 cm³/mol. The molecule has 4 rings (SSSR count). The number of fused-ring (bicyclic) bond motifs is 1. The summed E-state index contributed by atoms with van der Waals surface area (Å²) in [5, 5.41) is 11.0. The molecular weight excluding hydrogens is 502 g/mol. The fraction of sp³-hybridized carbons (Fsp3) is 0.207. The van der Waals surface area contributed by atoms with Crippen LogP contribution in [0.3, 0.4) is 0 Å². The molecular formula is C29H26BrN3O2. The van der Waals surface area contributed by atoms with Crippen LogP contribution in [0.4, 0.5) is 4.79 Å². The molecule has 6 heteroatoms. The molecule has 0 fully saturated rings. The summed E-state index contributed by atoms with van der Waals surface area (Å²) in [7, 11) is 0. The molecule has 0 aliphatic carbocycles. The van der Waals surface area contributed by atoms with Gasteiger partial charge in [-0.3, -0.25) is 4.99 Å². The van der Waals surface area contributed by atoms with Crippen molar-refractivity contribution in [3.63, 3.8) is 0 Å². The van der Waals surface area contributed by atoms with Gasteiger partial charge in [-0.1, -0.05) is 82.7 Å². The molecule has 4 aromatic rings. The van der Waals surface area contributed by atoms with Crippen LogP contribution in [0.15, 0.2) is 94.4 Å². The minimum absolute atomic E-state index is 0.255. The number of carbonyl (C=O) groups is 1. The van der Waals surface area contributed by atoms with Crippen LogP contribution in [0, 0.1) is 11.3 Å². The van der Waals surface area contributed by atoms with Gasteiger partial charge in [-0.2, -0.15) is 5.26 Å². The lowest BCUT2D eigenvalue weighted by Gasteiger charge is -2.21. The topological polar surface area (TPSA) is 67.4 Å². The Morgan fingerprint density at radius 3 is 2.14 bits per heavy atom. The average molecular weight is 528 g/mol. The summed E-state index contributed by atoms with van der Waals surface area (Å²) in [6.07, 6.45) is -0.224. The molecule has 0 aliphatic heterocycles. The predicted octanol–water partition coefficient (Wildman–Crippen LogP) is 7.16. The number of nitriles is 1. The monoisotopic (exact) mass is 527 g/mol. The molecule has 0 bridgehead atoms. The first-order chi connectivity index (χ1) is 16.7. The van der Waals surface area contributed by atoms with Gasteiger partial charge in [-0.25, -0.2) is 9.36 Å². The van der Waals surface area contributed by atoms with Crippen LogP contribution in [-0.4, -0.2) is 28.0 Å². The lowest BCUT2D eigenvalue weighted by Crippen LogP contribution is -2.28. The largest absolute Gasteiger partial charge is 0.443 e. The van der Waals surface area contributed by atoms with E-state index in [1.165, 1.54) is 0 Å². The molecule has 0 saturated carbocycles. The first-order valence-electron chi connectivity index (χ1n) is 11.4. The lowest BCUT2D eigenvalue weighted by molar-refractivity contribution is 0.0540. The van der Waals surface area contributed by atoms with Gasteiger partial charge in [-0.05, 0) is 39.0 Å². The highest BCUT2D eigenvalue weighted by molar-refractivity contribution is 9.10. The van der Waals surface area contributed by atoms with E-state index in [2.05, 4.69) is 22.0 Å². The second-order valence-electron chi connectivity index (χ2n) is 9.21. The quantitative estimate of drug-likeness (QED) is 0.258. The number of halogens is 1. The molecule has 1 atom stereocenters. The fourth-order valence-corrected chi connectivity index (χ4v) is 4.24. The molecule has 0 N–H and O–H groups in total. The van der Waals surface area contributed by atoms with Gasteiger partial charge in [0.05, 0.1) is 17.3 Å². The maximum atomic E-state index is 13.2. The molecule has 0 amide bonds. The number of ether oxygens (including phenoxy) is 1. The Morgan fingerprint density at radius 1 is 1.00 bits per heavy atom. The second kappa shape index (κ2) is 10.3. The van der Waals surface area contributed by atoms with E-state index < -0.39 is 17.7 Å². The molecule has 5 nitrogen and oxygen atoms in total. The van der Waals surface area contributed by atoms with Gasteiger partial charge in [0.1, 0.15) is 11.6 Å². The van der Waals surface area contributed by atoms with E-state index in [1.807, 2.05) is 106 Å². The van der Waals surface area contributed by atoms with E-state index in [0.717, 1.165) is 32.2 Å². The molecule has 1 aromatic heterocycles. The molecule has 0 saturated heterocycles. The van der Waals surface area contributed by atoms with E-state index in [9.17, 15) is 10.1 Å². The van der Waals surface area contributed by atoms with Crippen LogP contribution in [0.25, 0.3) is 10.9 Å². The van der Waals surface area contributed by atoms with Gasteiger partial charge in [0.2, 0.25) is 0 Å². The Labute approximate surface area is 213 Å². The number of benzene rings is 3. The molecule has 0 aliphatic rings. The SMILES string of the molecule is CC(C)(C)OC(=O)n1c(CC(C#N)N=C(c2ccccc2)c2ccccc2)cc2ccc(Br)cc21. The maximum Gasteiger partial charge on any atom is 0.419 e. The fourth-order valence-electron chi connectivity index (χ4n) is 3.89. The number of aliphatic imine (C=N–C) groups is 1. The van der Waals surface area contributed by atoms with Gasteiger partial charge >= 0.3 is 6.09 Å². The third kappa shape index (κ3) is 5.87. The molecule has 1 heterocycles. The highest BCUT2D eigenvalue weighted by Crippen LogP contribution is 2.27. The summed E-state index contributed by atoms with van der Waals surface area (Å²) < 4.78 is 8.10. The van der Waals surface area contributed by atoms with Crippen molar-refractivity contribution in [3.05, 3.63) is 106 Å². The molecule has 35 heavy (non-hydrogen) atoms. The zero-order chi connectivity index (χ0) is 25.0. The Kier molecular flexibility index (Phi) is 7.18. The van der Waals surface area contributed by atoms with Crippen LogP contribution in [0.2, 0.25) is 0 Å². The zero-order valence-corrected chi connectivity index (χ0v) is 21.5. The minimum Gasteiger partial charge on any atom is -0.443 e. The number of rotatable bonds is 5. The third-order valence-corrected chi connectivity index (χ3v) is 5.84. The molecule has 0 spiro atoms. The van der Waals surface area contributed by atoms with E-state index in [-0.39, 0.29) is 6.42 Å². The first kappa shape index (κ1) is 24.4. The van der Waals surface area contributed by atoms with Gasteiger partial charge in [0, 0.05) is 33.1 Å². The average Bonchev–Trinajstić information content (AvgIpc) is 3.18. The van der Waals surface area contributed by atoms with Gasteiger partial charge in [0.25, 0.3) is 0 Å². The molecule has 3 aromatic carbocycles. The Balaban J connectivity index is 1.79. The van der Waals surface area contributed by atoms with Crippen molar-refractivity contribution in [2.24, 2.45) is 4.99 Å². The lowest BCUT2D eigenvalue weighted by atomic mass is 10.0. The maximum absolute atomic E-state index is 13.2. The van der Waals surface area contributed by atoms with Crippen LogP contribution in [0.5, 0.6) is 0 Å². The van der Waals surface area contributed by atoms with Crippen molar-refractivity contribution >= 4 is 38.6 Å². The van der Waals surface area contributed by atoms with Crippen molar-refractivity contribution in [1.29, 1.82) is 5.26 Å². The summed E-state index contributed by atoms with van der Waals surface area (Å²) in [5.74, 6) is 0. The van der Waals surface area contributed by atoms with Gasteiger partial charge in [0.15, 0.2) is 0 Å². The number of hydrogen-bond donors (Lipinski definition) is 0. The van der Waals surface area contributed by atoms with Gasteiger partial charge < -0.3 is 4.74 Å². The number of nitrogens with zero attached hydrogens (tertiary/aromatic N) is 3. The number of aromatic nitrogens is 1. The number of carbonyl (C=O) groups excluding carboxylic acids is 1. The van der Waals surface area contributed by atoms with Crippen molar-refractivity contribution in [3.8, 4) is 6.07 Å². The van der Waals surface area contributed by atoms with E-state index >= 15 is 0 Å². The van der Waals surface area contributed by atoms with Crippen molar-refractivity contribution in [1.82, 2.24) is 4.57 Å². The van der Waals surface area contributed by atoms with Crippen LogP contribution in [0.1, 0.15) is 37.6 Å². The number of hydrogen-bond acceptors (Lipinski definition) is 4. The standard InChI is InChI=1S/C29H26BrN3O2/c1-29(2,3)35-28(34)33-25(16-22-14-15-23(30)17-26(22)33)18-24(19-31)32-27(20-10-6-4-7-11-20)21-12-8-5-9-13-21/h4-17,24H,18H2,1-3H3. The minimum atomic E-state index is -0.709. The molecule has 0 radical (unpaired) electrons. The summed E-state index contributed by atoms with van der Waals surface area (Å²) >= 11 is 3.50. The van der Waals surface area contributed by atoms with E-state index in [4.69, 9.17) is 9.73 Å². The van der Waals surface area contributed by atoms with Crippen molar-refractivity contribution in [2.75, 3.05) is 0 Å². The van der Waals surface area contributed by atoms with Crippen LogP contribution in [-0.2, 0) is 11.2 Å². The summed E-state index contributed by atoms with van der Waals surface area (Å²) in [4.78, 5) is 18.1. The summed E-state index contributed by atoms with van der Waals surface area (Å²) in [5.41, 5.74) is 3.32. The smallest absolute Gasteiger partial charge is 0.419 e. The first-order valence-corrected chi connectivity index (χ1v) is 12.2. The van der Waals surface area contributed by atoms with E-state index in [0.29, 0.717) is 5.69 Å². The van der Waals surface area contributed by atoms with E-state index in [1.54, 1.807) is 4.57 Å². The third-order valence-electron chi connectivity index (χ3n) is 5.35. The Hall–Kier alpha value is -3.69. The Morgan fingerprint density at radius 2 is 1.60 bits per heavy atom. The molecule has 1 unspecified atom stereocenters. The van der Waals surface area contributed by atoms with Crippen LogP contribution >= 0.6 is 15.9 Å². The summed E-state index contributed by atoms with van der Waals surface area (Å²) in [6, 6.07) is 28.9. The highest BCUT2D eigenvalue weighted by atomic mass is 79.9. The van der Waals surface area contributed by atoms with Crippen LogP contribution < -0.4 is 0 Å². The Bertz CT molecular complexity index is 1370. The van der Waals surface area contributed by atoms with Crippen molar-refractivity contribution in [2.45, 2.75) is 38.8 Å². The normalized spacial score (nSPS) is 12.1. The second-order valence-corrected chi connectivity index (χ2v) is 10.1. The van der Waals surface area contributed by atoms with Crippen molar-refractivity contribution < 1.29 is 9.53 Å². The zero-order valence-electron chi connectivity index (χ0n) is 19.9. The van der Waals surface area contributed by atoms with Gasteiger partial charge in [-0.15, -0.1) is 0 Å². The summed E-state index contributed by atoms with van der Waals surface area (Å²) in [6.45, 7) is 5.50. The molecule has 176 valence electrons.